The summed E-state index contributed by atoms with van der Waals surface area (Å²) in [7, 11) is 0. The summed E-state index contributed by atoms with van der Waals surface area (Å²) in [6, 6.07) is 65.5. The molecule has 0 unspecified atom stereocenters. The van der Waals surface area contributed by atoms with E-state index in [1.54, 1.807) is 0 Å². The van der Waals surface area contributed by atoms with Crippen LogP contribution >= 0.6 is 11.3 Å². The summed E-state index contributed by atoms with van der Waals surface area (Å²) in [5.41, 5.74) is 11.0. The van der Waals surface area contributed by atoms with E-state index < -0.39 is 0 Å². The molecule has 0 amide bonds. The van der Waals surface area contributed by atoms with Crippen molar-refractivity contribution in [3.63, 3.8) is 0 Å². The molecule has 11 aromatic rings. The molecule has 0 aliphatic heterocycles. The molecule has 0 saturated carbocycles. The van der Waals surface area contributed by atoms with Crippen LogP contribution in [0.25, 0.3) is 80.7 Å². The fourth-order valence-corrected chi connectivity index (χ4v) is 9.19. The number of thiophene rings is 1. The minimum atomic E-state index is 0.905. The summed E-state index contributed by atoms with van der Waals surface area (Å²) in [6.45, 7) is 0. The first-order valence-electron chi connectivity index (χ1n) is 17.6. The lowest BCUT2D eigenvalue weighted by molar-refractivity contribution is 0.669. The van der Waals surface area contributed by atoms with Crippen LogP contribution in [0.1, 0.15) is 0 Å². The van der Waals surface area contributed by atoms with E-state index in [9.17, 15) is 0 Å². The van der Waals surface area contributed by atoms with Crippen LogP contribution in [0.5, 0.6) is 0 Å². The van der Waals surface area contributed by atoms with Crippen molar-refractivity contribution in [3.8, 4) is 16.8 Å². The van der Waals surface area contributed by atoms with Crippen LogP contribution in [0.4, 0.5) is 17.1 Å². The van der Waals surface area contributed by atoms with Gasteiger partial charge in [0.25, 0.3) is 0 Å². The number of aromatic nitrogens is 1. The Labute approximate surface area is 303 Å². The minimum Gasteiger partial charge on any atom is -0.456 e. The van der Waals surface area contributed by atoms with Crippen molar-refractivity contribution in [2.75, 3.05) is 4.90 Å². The highest BCUT2D eigenvalue weighted by Crippen LogP contribution is 2.47. The van der Waals surface area contributed by atoms with Crippen LogP contribution in [-0.2, 0) is 0 Å². The topological polar surface area (TPSA) is 21.3 Å². The number of hydrogen-bond acceptors (Lipinski definition) is 3. The molecule has 0 spiro atoms. The molecule has 0 atom stereocenters. The maximum absolute atomic E-state index is 6.24. The molecular weight excluding hydrogens is 653 g/mol. The van der Waals surface area contributed by atoms with Gasteiger partial charge in [-0.3, -0.25) is 0 Å². The third kappa shape index (κ3) is 4.45. The van der Waals surface area contributed by atoms with Crippen molar-refractivity contribution >= 4 is 92.3 Å². The van der Waals surface area contributed by atoms with Gasteiger partial charge in [-0.2, -0.15) is 0 Å². The standard InChI is InChI=1S/C48H30N2OS/c1-2-12-33(13-3-1)49(34-25-22-31(23-26-34)32-24-27-39-38-16-6-10-20-45(38)51-46(39)28-32)44-30-35(29-41-40-17-7-11-21-47(40)52-48(41)44)50-42-18-8-4-14-36(42)37-15-5-9-19-43(37)50/h1-30H. The first kappa shape index (κ1) is 29.1. The first-order valence-corrected chi connectivity index (χ1v) is 18.4. The molecule has 0 N–H and O–H groups in total. The Morgan fingerprint density at radius 2 is 1.02 bits per heavy atom. The second kappa shape index (κ2) is 11.5. The second-order valence-electron chi connectivity index (χ2n) is 13.3. The zero-order chi connectivity index (χ0) is 34.2. The summed E-state index contributed by atoms with van der Waals surface area (Å²) < 4.78 is 11.2. The van der Waals surface area contributed by atoms with Gasteiger partial charge in [0.1, 0.15) is 11.2 Å². The zero-order valence-corrected chi connectivity index (χ0v) is 28.8. The molecule has 244 valence electrons. The van der Waals surface area contributed by atoms with Gasteiger partial charge in [0.05, 0.1) is 21.4 Å². The average molecular weight is 683 g/mol. The third-order valence-corrected chi connectivity index (χ3v) is 11.6. The van der Waals surface area contributed by atoms with Crippen molar-refractivity contribution in [3.05, 3.63) is 182 Å². The van der Waals surface area contributed by atoms with Crippen molar-refractivity contribution < 1.29 is 4.42 Å². The highest BCUT2D eigenvalue weighted by molar-refractivity contribution is 7.26. The minimum absolute atomic E-state index is 0.905. The van der Waals surface area contributed by atoms with E-state index in [4.69, 9.17) is 4.42 Å². The lowest BCUT2D eigenvalue weighted by Crippen LogP contribution is -2.10. The van der Waals surface area contributed by atoms with Crippen LogP contribution in [0, 0.1) is 0 Å². The van der Waals surface area contributed by atoms with Gasteiger partial charge in [0.2, 0.25) is 0 Å². The van der Waals surface area contributed by atoms with E-state index in [1.165, 1.54) is 42.0 Å². The Morgan fingerprint density at radius 1 is 0.423 bits per heavy atom. The molecule has 3 aromatic heterocycles. The van der Waals surface area contributed by atoms with Crippen molar-refractivity contribution in [2.24, 2.45) is 0 Å². The smallest absolute Gasteiger partial charge is 0.136 e. The van der Waals surface area contributed by atoms with Gasteiger partial charge in [-0.1, -0.05) is 109 Å². The Morgan fingerprint density at radius 3 is 1.79 bits per heavy atom. The Kier molecular flexibility index (Phi) is 6.42. The van der Waals surface area contributed by atoms with Gasteiger partial charge >= 0.3 is 0 Å². The monoisotopic (exact) mass is 682 g/mol. The maximum Gasteiger partial charge on any atom is 0.136 e. The quantitative estimate of drug-likeness (QED) is 0.180. The van der Waals surface area contributed by atoms with E-state index in [2.05, 4.69) is 179 Å². The number of hydrogen-bond donors (Lipinski definition) is 0. The second-order valence-corrected chi connectivity index (χ2v) is 14.4. The number of nitrogens with zero attached hydrogens (tertiary/aromatic N) is 2. The zero-order valence-electron chi connectivity index (χ0n) is 28.0. The van der Waals surface area contributed by atoms with Gasteiger partial charge < -0.3 is 13.9 Å². The van der Waals surface area contributed by atoms with Crippen LogP contribution in [0.2, 0.25) is 0 Å². The van der Waals surface area contributed by atoms with E-state index in [-0.39, 0.29) is 0 Å². The number of para-hydroxylation sites is 4. The summed E-state index contributed by atoms with van der Waals surface area (Å²) in [6.07, 6.45) is 0. The van der Waals surface area contributed by atoms with Crippen molar-refractivity contribution in [2.45, 2.75) is 0 Å². The van der Waals surface area contributed by atoms with Crippen LogP contribution in [-0.4, -0.2) is 4.57 Å². The van der Waals surface area contributed by atoms with Gasteiger partial charge in [0, 0.05) is 54.1 Å². The molecule has 0 aliphatic rings. The molecule has 8 aromatic carbocycles. The molecule has 4 heteroatoms. The summed E-state index contributed by atoms with van der Waals surface area (Å²) in [5, 5.41) is 7.33. The predicted octanol–water partition coefficient (Wildman–Crippen LogP) is 14.2. The average Bonchev–Trinajstić information content (AvgIpc) is 3.88. The molecule has 3 nitrogen and oxygen atoms in total. The first-order chi connectivity index (χ1) is 25.8. The summed E-state index contributed by atoms with van der Waals surface area (Å²) in [4.78, 5) is 2.42. The summed E-state index contributed by atoms with van der Waals surface area (Å²) >= 11 is 1.86. The van der Waals surface area contributed by atoms with Crippen LogP contribution in [0.3, 0.4) is 0 Å². The van der Waals surface area contributed by atoms with E-state index in [1.807, 2.05) is 23.5 Å². The molecule has 0 bridgehead atoms. The molecule has 0 aliphatic carbocycles. The molecular formula is C48H30N2OS. The van der Waals surface area contributed by atoms with E-state index in [0.29, 0.717) is 0 Å². The number of anilines is 3. The van der Waals surface area contributed by atoms with Gasteiger partial charge in [-0.25, -0.2) is 0 Å². The van der Waals surface area contributed by atoms with E-state index in [0.717, 1.165) is 55.8 Å². The highest BCUT2D eigenvalue weighted by Gasteiger charge is 2.22. The van der Waals surface area contributed by atoms with Crippen LogP contribution < -0.4 is 4.90 Å². The van der Waals surface area contributed by atoms with E-state index >= 15 is 0 Å². The lowest BCUT2D eigenvalue weighted by Gasteiger charge is -2.27. The largest absolute Gasteiger partial charge is 0.456 e. The number of furan rings is 1. The van der Waals surface area contributed by atoms with Crippen molar-refractivity contribution in [1.29, 1.82) is 0 Å². The lowest BCUT2D eigenvalue weighted by atomic mass is 10.0. The molecule has 0 saturated heterocycles. The highest BCUT2D eigenvalue weighted by atomic mass is 32.1. The number of rotatable bonds is 5. The van der Waals surface area contributed by atoms with Gasteiger partial charge in [-0.15, -0.1) is 11.3 Å². The molecule has 0 radical (unpaired) electrons. The molecule has 0 fully saturated rings. The van der Waals surface area contributed by atoms with Crippen LogP contribution in [0.15, 0.2) is 186 Å². The number of benzene rings is 8. The SMILES string of the molecule is c1ccc(N(c2ccc(-c3ccc4c(c3)oc3ccccc34)cc2)c2cc(-n3c4ccccc4c4ccccc43)cc3c2sc2ccccc23)cc1. The van der Waals surface area contributed by atoms with Gasteiger partial charge in [-0.05, 0) is 83.9 Å². The Bertz CT molecular complexity index is 3080. The molecule has 52 heavy (non-hydrogen) atoms. The molecule has 11 rings (SSSR count). The summed E-state index contributed by atoms with van der Waals surface area (Å²) in [5.74, 6) is 0. The predicted molar refractivity (Wildman–Crippen MR) is 221 cm³/mol. The fraction of sp³-hybridized carbons (Fsp3) is 0. The van der Waals surface area contributed by atoms with Crippen molar-refractivity contribution in [1.82, 2.24) is 4.57 Å². The maximum atomic E-state index is 6.24. The third-order valence-electron chi connectivity index (χ3n) is 10.4. The Hall–Kier alpha value is -6.62. The normalized spacial score (nSPS) is 11.8. The van der Waals surface area contributed by atoms with Gasteiger partial charge in [0.15, 0.2) is 0 Å². The molecule has 3 heterocycles. The fourth-order valence-electron chi connectivity index (χ4n) is 8.00. The number of fused-ring (bicyclic) bond motifs is 9. The Balaban J connectivity index is 1.13.